The van der Waals surface area contributed by atoms with Crippen molar-refractivity contribution in [1.82, 2.24) is 5.43 Å². The largest absolute Gasteiger partial charge is 0.497 e. The molecule has 1 aliphatic heterocycles. The SMILES string of the molecule is CCOc1cc(/C=N/NC(=O)[C@@H]2CC(=O)N(c3ccc(OC)cc3)C2)ccc1OCc1ccccc1Cl. The highest BCUT2D eigenvalue weighted by atomic mass is 35.5. The van der Waals surface area contributed by atoms with E-state index in [-0.39, 0.29) is 18.2 Å². The lowest BCUT2D eigenvalue weighted by Gasteiger charge is -2.16. The van der Waals surface area contributed by atoms with Gasteiger partial charge in [0.2, 0.25) is 11.8 Å². The summed E-state index contributed by atoms with van der Waals surface area (Å²) in [6.45, 7) is 2.94. The van der Waals surface area contributed by atoms with Crippen LogP contribution in [0.3, 0.4) is 0 Å². The van der Waals surface area contributed by atoms with Crippen LogP contribution in [0.15, 0.2) is 71.8 Å². The summed E-state index contributed by atoms with van der Waals surface area (Å²) in [5.74, 6) is 0.916. The zero-order chi connectivity index (χ0) is 26.2. The number of benzene rings is 3. The Morgan fingerprint density at radius 2 is 1.89 bits per heavy atom. The quantitative estimate of drug-likeness (QED) is 0.305. The zero-order valence-electron chi connectivity index (χ0n) is 20.6. The number of carbonyl (C=O) groups is 2. The standard InChI is InChI=1S/C28H28ClN3O5/c1-3-36-26-14-19(8-13-25(26)37-18-20-6-4-5-7-24(20)29)16-30-31-28(34)21-15-27(33)32(17-21)22-9-11-23(35-2)12-10-22/h4-14,16,21H,3,15,17-18H2,1-2H3,(H,31,34)/b30-16+/t21-/m1/s1. The van der Waals surface area contributed by atoms with E-state index in [1.165, 1.54) is 6.21 Å². The Labute approximate surface area is 220 Å². The number of nitrogens with one attached hydrogen (secondary N) is 1. The van der Waals surface area contributed by atoms with Crippen LogP contribution < -0.4 is 24.5 Å². The van der Waals surface area contributed by atoms with Crippen molar-refractivity contribution in [2.45, 2.75) is 20.0 Å². The molecule has 4 rings (SSSR count). The second kappa shape index (κ2) is 12.3. The lowest BCUT2D eigenvalue weighted by atomic mass is 10.1. The van der Waals surface area contributed by atoms with Gasteiger partial charge in [0.05, 0.1) is 25.8 Å². The van der Waals surface area contributed by atoms with Crippen LogP contribution in [-0.2, 0) is 16.2 Å². The first kappa shape index (κ1) is 26.0. The van der Waals surface area contributed by atoms with Gasteiger partial charge in [-0.1, -0.05) is 29.8 Å². The Bertz CT molecular complexity index is 1280. The minimum Gasteiger partial charge on any atom is -0.497 e. The average Bonchev–Trinajstić information content (AvgIpc) is 3.31. The molecule has 1 atom stereocenters. The maximum absolute atomic E-state index is 12.7. The minimum atomic E-state index is -0.494. The third-order valence-electron chi connectivity index (χ3n) is 5.88. The van der Waals surface area contributed by atoms with Crippen LogP contribution in [0.4, 0.5) is 5.69 Å². The number of anilines is 1. The third kappa shape index (κ3) is 6.59. The van der Waals surface area contributed by atoms with Gasteiger partial charge in [0.15, 0.2) is 11.5 Å². The fraction of sp³-hybridized carbons (Fsp3) is 0.250. The fourth-order valence-electron chi connectivity index (χ4n) is 3.92. The topological polar surface area (TPSA) is 89.5 Å². The molecule has 0 saturated carbocycles. The Hall–Kier alpha value is -4.04. The number of hydrazone groups is 1. The van der Waals surface area contributed by atoms with Gasteiger partial charge in [0.1, 0.15) is 12.4 Å². The second-order valence-electron chi connectivity index (χ2n) is 8.36. The van der Waals surface area contributed by atoms with Crippen LogP contribution in [0.1, 0.15) is 24.5 Å². The van der Waals surface area contributed by atoms with Crippen LogP contribution in [0.5, 0.6) is 17.2 Å². The summed E-state index contributed by atoms with van der Waals surface area (Å²) in [7, 11) is 1.58. The number of halogens is 1. The number of rotatable bonds is 10. The highest BCUT2D eigenvalue weighted by Crippen LogP contribution is 2.30. The lowest BCUT2D eigenvalue weighted by Crippen LogP contribution is -2.30. The third-order valence-corrected chi connectivity index (χ3v) is 6.25. The molecular formula is C28H28ClN3O5. The van der Waals surface area contributed by atoms with Crippen LogP contribution in [0.2, 0.25) is 5.02 Å². The Balaban J connectivity index is 1.35. The van der Waals surface area contributed by atoms with Crippen molar-refractivity contribution in [3.05, 3.63) is 82.9 Å². The van der Waals surface area contributed by atoms with Crippen LogP contribution >= 0.6 is 11.6 Å². The van der Waals surface area contributed by atoms with Crippen LogP contribution in [-0.4, -0.2) is 38.3 Å². The number of ether oxygens (including phenoxy) is 3. The summed E-state index contributed by atoms with van der Waals surface area (Å²) in [5.41, 5.74) is 4.86. The molecule has 1 heterocycles. The molecule has 37 heavy (non-hydrogen) atoms. The number of methoxy groups -OCH3 is 1. The monoisotopic (exact) mass is 521 g/mol. The van der Waals surface area contributed by atoms with Crippen molar-refractivity contribution in [2.24, 2.45) is 11.0 Å². The molecule has 0 unspecified atom stereocenters. The summed E-state index contributed by atoms with van der Waals surface area (Å²) in [6, 6.07) is 20.0. The molecule has 0 radical (unpaired) electrons. The van der Waals surface area contributed by atoms with Crippen molar-refractivity contribution < 1.29 is 23.8 Å². The van der Waals surface area contributed by atoms with E-state index in [4.69, 9.17) is 25.8 Å². The smallest absolute Gasteiger partial charge is 0.245 e. The minimum absolute atomic E-state index is 0.108. The lowest BCUT2D eigenvalue weighted by molar-refractivity contribution is -0.126. The predicted molar refractivity (Wildman–Crippen MR) is 143 cm³/mol. The normalized spacial score (nSPS) is 15.2. The van der Waals surface area contributed by atoms with Gasteiger partial charge in [-0.15, -0.1) is 0 Å². The number of hydrogen-bond acceptors (Lipinski definition) is 6. The van der Waals surface area contributed by atoms with E-state index >= 15 is 0 Å². The maximum Gasteiger partial charge on any atom is 0.245 e. The fourth-order valence-corrected chi connectivity index (χ4v) is 4.11. The molecule has 1 saturated heterocycles. The molecule has 0 bridgehead atoms. The van der Waals surface area contributed by atoms with E-state index in [1.807, 2.05) is 37.3 Å². The first-order valence-electron chi connectivity index (χ1n) is 11.9. The highest BCUT2D eigenvalue weighted by Gasteiger charge is 2.35. The van der Waals surface area contributed by atoms with E-state index in [9.17, 15) is 9.59 Å². The molecule has 0 aromatic heterocycles. The molecule has 2 amide bonds. The van der Waals surface area contributed by atoms with Gasteiger partial charge < -0.3 is 19.1 Å². The summed E-state index contributed by atoms with van der Waals surface area (Å²) >= 11 is 6.22. The van der Waals surface area contributed by atoms with E-state index in [2.05, 4.69) is 10.5 Å². The number of hydrogen-bond donors (Lipinski definition) is 1. The molecule has 192 valence electrons. The number of carbonyl (C=O) groups excluding carboxylic acids is 2. The summed E-state index contributed by atoms with van der Waals surface area (Å²) in [5, 5.41) is 4.72. The molecule has 1 aliphatic rings. The van der Waals surface area contributed by atoms with Crippen LogP contribution in [0.25, 0.3) is 0 Å². The molecule has 8 nitrogen and oxygen atoms in total. The van der Waals surface area contributed by atoms with Crippen LogP contribution in [0, 0.1) is 5.92 Å². The van der Waals surface area contributed by atoms with E-state index in [0.29, 0.717) is 42.0 Å². The van der Waals surface area contributed by atoms with Crippen molar-refractivity contribution >= 4 is 35.3 Å². The Morgan fingerprint density at radius 3 is 2.62 bits per heavy atom. The van der Waals surface area contributed by atoms with Gasteiger partial charge in [-0.2, -0.15) is 5.10 Å². The van der Waals surface area contributed by atoms with Crippen molar-refractivity contribution in [1.29, 1.82) is 0 Å². The molecule has 3 aromatic carbocycles. The van der Waals surface area contributed by atoms with Gasteiger partial charge in [-0.05, 0) is 61.0 Å². The van der Waals surface area contributed by atoms with Gasteiger partial charge in [-0.25, -0.2) is 5.43 Å². The van der Waals surface area contributed by atoms with E-state index in [0.717, 1.165) is 16.8 Å². The summed E-state index contributed by atoms with van der Waals surface area (Å²) < 4.78 is 16.8. The summed E-state index contributed by atoms with van der Waals surface area (Å²) in [6.07, 6.45) is 1.65. The van der Waals surface area contributed by atoms with E-state index in [1.54, 1.807) is 48.4 Å². The molecule has 1 N–H and O–H groups in total. The van der Waals surface area contributed by atoms with Gasteiger partial charge in [0.25, 0.3) is 0 Å². The zero-order valence-corrected chi connectivity index (χ0v) is 21.4. The Kier molecular flexibility index (Phi) is 8.64. The molecular weight excluding hydrogens is 494 g/mol. The second-order valence-corrected chi connectivity index (χ2v) is 8.76. The Morgan fingerprint density at radius 1 is 1.11 bits per heavy atom. The molecule has 3 aromatic rings. The summed E-state index contributed by atoms with van der Waals surface area (Å²) in [4.78, 5) is 26.7. The van der Waals surface area contributed by atoms with Gasteiger partial charge >= 0.3 is 0 Å². The van der Waals surface area contributed by atoms with Crippen molar-refractivity contribution in [3.63, 3.8) is 0 Å². The van der Waals surface area contributed by atoms with Gasteiger partial charge in [0, 0.05) is 29.2 Å². The average molecular weight is 522 g/mol. The number of amides is 2. The van der Waals surface area contributed by atoms with E-state index < -0.39 is 5.92 Å². The predicted octanol–water partition coefficient (Wildman–Crippen LogP) is 4.83. The van der Waals surface area contributed by atoms with Crippen molar-refractivity contribution in [2.75, 3.05) is 25.2 Å². The molecule has 1 fully saturated rings. The number of nitrogens with zero attached hydrogens (tertiary/aromatic N) is 2. The first-order valence-corrected chi connectivity index (χ1v) is 12.3. The maximum atomic E-state index is 12.7. The molecule has 0 spiro atoms. The van der Waals surface area contributed by atoms with Crippen molar-refractivity contribution in [3.8, 4) is 17.2 Å². The molecule has 9 heteroatoms. The highest BCUT2D eigenvalue weighted by molar-refractivity contribution is 6.31. The first-order chi connectivity index (χ1) is 18.0. The molecule has 0 aliphatic carbocycles. The van der Waals surface area contributed by atoms with Gasteiger partial charge in [-0.3, -0.25) is 9.59 Å².